The minimum Gasteiger partial charge on any atom is -0.450 e. The summed E-state index contributed by atoms with van der Waals surface area (Å²) in [5.74, 6) is 0. The van der Waals surface area contributed by atoms with Crippen LogP contribution < -0.4 is 5.32 Å². The van der Waals surface area contributed by atoms with Crippen molar-refractivity contribution >= 4 is 40.9 Å². The SMILES string of the molecule is [CH2]COC(=O)NCC(Cl)(Cl)Cl. The highest BCUT2D eigenvalue weighted by Gasteiger charge is 2.20. The van der Waals surface area contributed by atoms with Crippen LogP contribution in [0.5, 0.6) is 0 Å². The van der Waals surface area contributed by atoms with Crippen LogP contribution in [0.25, 0.3) is 0 Å². The van der Waals surface area contributed by atoms with Gasteiger partial charge in [0.25, 0.3) is 0 Å². The van der Waals surface area contributed by atoms with Crippen molar-refractivity contribution in [3.05, 3.63) is 6.92 Å². The molecule has 11 heavy (non-hydrogen) atoms. The van der Waals surface area contributed by atoms with Gasteiger partial charge in [0, 0.05) is 0 Å². The lowest BCUT2D eigenvalue weighted by Gasteiger charge is -2.10. The van der Waals surface area contributed by atoms with Gasteiger partial charge in [0.15, 0.2) is 0 Å². The number of alkyl carbamates (subject to hydrolysis) is 1. The van der Waals surface area contributed by atoms with Crippen molar-refractivity contribution in [1.82, 2.24) is 5.32 Å². The molecule has 0 rings (SSSR count). The predicted molar refractivity (Wildman–Crippen MR) is 45.0 cm³/mol. The molecular formula is C5H7Cl3NO2. The molecule has 0 aliphatic heterocycles. The number of alkyl halides is 3. The Labute approximate surface area is 79.9 Å². The number of ether oxygens (including phenoxy) is 1. The van der Waals surface area contributed by atoms with Crippen LogP contribution in [-0.2, 0) is 4.74 Å². The Morgan fingerprint density at radius 3 is 2.45 bits per heavy atom. The molecule has 0 bridgehead atoms. The van der Waals surface area contributed by atoms with Crippen molar-refractivity contribution in [2.45, 2.75) is 3.79 Å². The van der Waals surface area contributed by atoms with E-state index in [0.717, 1.165) is 0 Å². The highest BCUT2D eigenvalue weighted by molar-refractivity contribution is 6.67. The van der Waals surface area contributed by atoms with E-state index in [1.165, 1.54) is 0 Å². The van der Waals surface area contributed by atoms with Gasteiger partial charge < -0.3 is 10.1 Å². The topological polar surface area (TPSA) is 38.3 Å². The summed E-state index contributed by atoms with van der Waals surface area (Å²) in [6, 6.07) is 0. The molecule has 0 aliphatic rings. The third-order valence-corrected chi connectivity index (χ3v) is 1.07. The lowest BCUT2D eigenvalue weighted by Crippen LogP contribution is -2.32. The Hall–Kier alpha value is 0.140. The van der Waals surface area contributed by atoms with Crippen LogP contribution in [0.15, 0.2) is 0 Å². The summed E-state index contributed by atoms with van der Waals surface area (Å²) in [4.78, 5) is 10.5. The summed E-state index contributed by atoms with van der Waals surface area (Å²) in [6.07, 6.45) is -0.647. The molecule has 1 amide bonds. The van der Waals surface area contributed by atoms with Crippen LogP contribution in [-0.4, -0.2) is 23.0 Å². The maximum atomic E-state index is 10.5. The van der Waals surface area contributed by atoms with Gasteiger partial charge in [-0.1, -0.05) is 34.8 Å². The molecule has 0 spiro atoms. The zero-order valence-electron chi connectivity index (χ0n) is 5.57. The molecule has 0 fully saturated rings. The Morgan fingerprint density at radius 1 is 1.55 bits per heavy atom. The van der Waals surface area contributed by atoms with E-state index in [9.17, 15) is 4.79 Å². The largest absolute Gasteiger partial charge is 0.450 e. The van der Waals surface area contributed by atoms with Crippen LogP contribution in [0.3, 0.4) is 0 Å². The van der Waals surface area contributed by atoms with Gasteiger partial charge in [-0.05, 0) is 6.92 Å². The number of carbonyl (C=O) groups excluding carboxylic acids is 1. The molecule has 1 radical (unpaired) electrons. The third-order valence-electron chi connectivity index (χ3n) is 0.666. The Kier molecular flexibility index (Phi) is 4.97. The number of hydrogen-bond donors (Lipinski definition) is 1. The number of nitrogens with one attached hydrogen (secondary N) is 1. The second-order valence-electron chi connectivity index (χ2n) is 1.60. The minimum atomic E-state index is -1.49. The molecule has 0 saturated carbocycles. The van der Waals surface area contributed by atoms with Crippen LogP contribution in [0.2, 0.25) is 0 Å². The minimum absolute atomic E-state index is 0.0473. The van der Waals surface area contributed by atoms with E-state index in [2.05, 4.69) is 17.0 Å². The smallest absolute Gasteiger partial charge is 0.407 e. The number of halogens is 3. The fourth-order valence-corrected chi connectivity index (χ4v) is 0.517. The van der Waals surface area contributed by atoms with Gasteiger partial charge in [0.05, 0.1) is 13.2 Å². The summed E-state index contributed by atoms with van der Waals surface area (Å²) < 4.78 is 2.91. The van der Waals surface area contributed by atoms with Gasteiger partial charge in [-0.15, -0.1) is 0 Å². The van der Waals surface area contributed by atoms with Gasteiger partial charge in [-0.25, -0.2) is 4.79 Å². The summed E-state index contributed by atoms with van der Waals surface area (Å²) in [5.41, 5.74) is 0. The van der Waals surface area contributed by atoms with Crippen LogP contribution in [0, 0.1) is 6.92 Å². The highest BCUT2D eigenvalue weighted by Crippen LogP contribution is 2.24. The van der Waals surface area contributed by atoms with Crippen molar-refractivity contribution < 1.29 is 9.53 Å². The summed E-state index contributed by atoms with van der Waals surface area (Å²) in [7, 11) is 0. The summed E-state index contributed by atoms with van der Waals surface area (Å²) in [5, 5.41) is 2.23. The van der Waals surface area contributed by atoms with Gasteiger partial charge in [0.1, 0.15) is 0 Å². The normalized spacial score (nSPS) is 10.9. The average molecular weight is 219 g/mol. The predicted octanol–water partition coefficient (Wildman–Crippen LogP) is 1.92. The molecular weight excluding hydrogens is 212 g/mol. The first-order chi connectivity index (χ1) is 4.95. The Bertz CT molecular complexity index is 134. The van der Waals surface area contributed by atoms with Crippen molar-refractivity contribution in [2.24, 2.45) is 0 Å². The lowest BCUT2D eigenvalue weighted by molar-refractivity contribution is 0.158. The molecule has 3 nitrogen and oxygen atoms in total. The van der Waals surface area contributed by atoms with Crippen molar-refractivity contribution in [1.29, 1.82) is 0 Å². The number of amides is 1. The highest BCUT2D eigenvalue weighted by atomic mass is 35.6. The molecule has 0 aromatic carbocycles. The van der Waals surface area contributed by atoms with Crippen LogP contribution in [0.4, 0.5) is 4.79 Å². The third kappa shape index (κ3) is 8.04. The molecule has 0 aromatic rings. The number of carbonyl (C=O) groups is 1. The van der Waals surface area contributed by atoms with Crippen LogP contribution in [0.1, 0.15) is 0 Å². The van der Waals surface area contributed by atoms with Gasteiger partial charge in [0.2, 0.25) is 3.79 Å². The molecule has 0 saturated heterocycles. The molecule has 0 aliphatic carbocycles. The maximum absolute atomic E-state index is 10.5. The average Bonchev–Trinajstić information content (AvgIpc) is 1.83. The van der Waals surface area contributed by atoms with Gasteiger partial charge in [-0.2, -0.15) is 0 Å². The molecule has 65 valence electrons. The van der Waals surface area contributed by atoms with Crippen molar-refractivity contribution in [3.8, 4) is 0 Å². The van der Waals surface area contributed by atoms with E-state index in [1.807, 2.05) is 0 Å². The quantitative estimate of drug-likeness (QED) is 0.721. The summed E-state index contributed by atoms with van der Waals surface area (Å²) >= 11 is 16.0. The van der Waals surface area contributed by atoms with Crippen molar-refractivity contribution in [3.63, 3.8) is 0 Å². The lowest BCUT2D eigenvalue weighted by atomic mass is 10.7. The second-order valence-corrected chi connectivity index (χ2v) is 4.12. The van der Waals surface area contributed by atoms with E-state index < -0.39 is 9.89 Å². The zero-order chi connectivity index (χ0) is 8.91. The molecule has 0 aromatic heterocycles. The fraction of sp³-hybridized carbons (Fsp3) is 0.600. The standard InChI is InChI=1S/C5H7Cl3NO2/c1-2-11-4(10)9-3-5(6,7)8/h1-3H2,(H,9,10). The van der Waals surface area contributed by atoms with E-state index in [-0.39, 0.29) is 13.2 Å². The first-order valence-corrected chi connectivity index (χ1v) is 3.85. The van der Waals surface area contributed by atoms with Crippen LogP contribution >= 0.6 is 34.8 Å². The van der Waals surface area contributed by atoms with Gasteiger partial charge >= 0.3 is 6.09 Å². The number of hydrogen-bond acceptors (Lipinski definition) is 2. The van der Waals surface area contributed by atoms with E-state index in [0.29, 0.717) is 0 Å². The fourth-order valence-electron chi connectivity index (χ4n) is 0.316. The van der Waals surface area contributed by atoms with E-state index in [1.54, 1.807) is 0 Å². The zero-order valence-corrected chi connectivity index (χ0v) is 7.84. The number of rotatable bonds is 2. The Morgan fingerprint density at radius 2 is 2.09 bits per heavy atom. The molecule has 0 atom stereocenters. The molecule has 6 heteroatoms. The summed E-state index contributed by atoms with van der Waals surface area (Å²) in [6.45, 7) is 3.25. The van der Waals surface area contributed by atoms with E-state index in [4.69, 9.17) is 34.8 Å². The first kappa shape index (κ1) is 11.1. The molecule has 0 unspecified atom stereocenters. The second kappa shape index (κ2) is 4.91. The van der Waals surface area contributed by atoms with Crippen molar-refractivity contribution in [2.75, 3.05) is 13.2 Å². The first-order valence-electron chi connectivity index (χ1n) is 2.72. The molecule has 0 heterocycles. The van der Waals surface area contributed by atoms with E-state index >= 15 is 0 Å². The monoisotopic (exact) mass is 218 g/mol. The van der Waals surface area contributed by atoms with Gasteiger partial charge in [-0.3, -0.25) is 0 Å². The molecule has 1 N–H and O–H groups in total. The maximum Gasteiger partial charge on any atom is 0.407 e. The Balaban J connectivity index is 3.46.